The number of carbonyl (C=O) groups is 1. The molecule has 19 heavy (non-hydrogen) atoms. The largest absolute Gasteiger partial charge is 0.366 e. The summed E-state index contributed by atoms with van der Waals surface area (Å²) in [6.07, 6.45) is 0. The number of halogens is 1. The molecule has 2 rings (SSSR count). The van der Waals surface area contributed by atoms with Gasteiger partial charge in [0.2, 0.25) is 5.91 Å². The first-order chi connectivity index (χ1) is 9.10. The Morgan fingerprint density at radius 3 is 2.74 bits per heavy atom. The summed E-state index contributed by atoms with van der Waals surface area (Å²) in [4.78, 5) is 11.1. The fourth-order valence-electron chi connectivity index (χ4n) is 1.62. The standard InChI is InChI=1S/C14H10FN3O/c15-11-4-5-13(10(6-11)8-16)18-12-3-1-2-9(7-12)14(17)19/h1-7,18H,(H2,17,19). The lowest BCUT2D eigenvalue weighted by molar-refractivity contribution is 0.100. The quantitative estimate of drug-likeness (QED) is 0.884. The number of primary amides is 1. The minimum atomic E-state index is -0.539. The van der Waals surface area contributed by atoms with Crippen molar-refractivity contribution in [2.24, 2.45) is 5.73 Å². The zero-order valence-electron chi connectivity index (χ0n) is 9.85. The van der Waals surface area contributed by atoms with Crippen LogP contribution in [0.4, 0.5) is 15.8 Å². The summed E-state index contributed by atoms with van der Waals surface area (Å²) < 4.78 is 13.0. The van der Waals surface area contributed by atoms with E-state index in [1.54, 1.807) is 24.3 Å². The van der Waals surface area contributed by atoms with Crippen molar-refractivity contribution in [3.05, 3.63) is 59.4 Å². The fourth-order valence-corrected chi connectivity index (χ4v) is 1.62. The topological polar surface area (TPSA) is 78.9 Å². The molecule has 0 saturated heterocycles. The number of rotatable bonds is 3. The van der Waals surface area contributed by atoms with E-state index in [1.165, 1.54) is 12.1 Å². The molecule has 5 heteroatoms. The molecule has 0 saturated carbocycles. The van der Waals surface area contributed by atoms with Gasteiger partial charge in [0.15, 0.2) is 0 Å². The van der Waals surface area contributed by atoms with E-state index >= 15 is 0 Å². The van der Waals surface area contributed by atoms with Crippen LogP contribution in [0.5, 0.6) is 0 Å². The number of nitrogens with two attached hydrogens (primary N) is 1. The Morgan fingerprint density at radius 1 is 1.26 bits per heavy atom. The van der Waals surface area contributed by atoms with Gasteiger partial charge in [0.05, 0.1) is 11.3 Å². The van der Waals surface area contributed by atoms with Crippen LogP contribution in [0.3, 0.4) is 0 Å². The summed E-state index contributed by atoms with van der Waals surface area (Å²) in [7, 11) is 0. The van der Waals surface area contributed by atoms with Crippen molar-refractivity contribution < 1.29 is 9.18 Å². The average Bonchev–Trinajstić information content (AvgIpc) is 2.41. The first-order valence-corrected chi connectivity index (χ1v) is 5.46. The molecule has 0 aliphatic carbocycles. The molecule has 4 nitrogen and oxygen atoms in total. The first kappa shape index (κ1) is 12.6. The number of hydrogen-bond acceptors (Lipinski definition) is 3. The Kier molecular flexibility index (Phi) is 3.44. The molecule has 3 N–H and O–H groups in total. The molecule has 0 aromatic heterocycles. The Labute approximate surface area is 109 Å². The summed E-state index contributed by atoms with van der Waals surface area (Å²) in [5.41, 5.74) is 6.78. The highest BCUT2D eigenvalue weighted by Gasteiger charge is 2.06. The smallest absolute Gasteiger partial charge is 0.248 e. The van der Waals surface area contributed by atoms with Gasteiger partial charge in [-0.2, -0.15) is 5.26 Å². The van der Waals surface area contributed by atoms with E-state index in [9.17, 15) is 9.18 Å². The zero-order chi connectivity index (χ0) is 13.8. The van der Waals surface area contributed by atoms with Crippen LogP contribution in [0.15, 0.2) is 42.5 Å². The Hall–Kier alpha value is -2.87. The average molecular weight is 255 g/mol. The number of nitrogens with zero attached hydrogens (tertiary/aromatic N) is 1. The highest BCUT2D eigenvalue weighted by molar-refractivity contribution is 5.93. The molecule has 0 atom stereocenters. The molecule has 94 valence electrons. The minimum absolute atomic E-state index is 0.185. The summed E-state index contributed by atoms with van der Waals surface area (Å²) in [5.74, 6) is -1.02. The highest BCUT2D eigenvalue weighted by atomic mass is 19.1. The number of carbonyl (C=O) groups excluding carboxylic acids is 1. The normalized spacial score (nSPS) is 9.68. The minimum Gasteiger partial charge on any atom is -0.366 e. The van der Waals surface area contributed by atoms with Gasteiger partial charge in [-0.1, -0.05) is 6.07 Å². The fraction of sp³-hybridized carbons (Fsp3) is 0. The summed E-state index contributed by atoms with van der Waals surface area (Å²) >= 11 is 0. The molecule has 2 aromatic rings. The lowest BCUT2D eigenvalue weighted by Gasteiger charge is -2.09. The van der Waals surface area contributed by atoms with Gasteiger partial charge in [-0.3, -0.25) is 4.79 Å². The summed E-state index contributed by atoms with van der Waals surface area (Å²) in [6, 6.07) is 12.3. The van der Waals surface area contributed by atoms with Gasteiger partial charge in [-0.25, -0.2) is 4.39 Å². The molecule has 0 radical (unpaired) electrons. The van der Waals surface area contributed by atoms with Crippen LogP contribution in [0.2, 0.25) is 0 Å². The maximum atomic E-state index is 13.0. The lowest BCUT2D eigenvalue weighted by Crippen LogP contribution is -2.10. The SMILES string of the molecule is N#Cc1cc(F)ccc1Nc1cccc(C(N)=O)c1. The second kappa shape index (κ2) is 5.19. The van der Waals surface area contributed by atoms with Crippen LogP contribution in [0.25, 0.3) is 0 Å². The number of anilines is 2. The molecule has 0 heterocycles. The van der Waals surface area contributed by atoms with Crippen LogP contribution >= 0.6 is 0 Å². The van der Waals surface area contributed by atoms with Crippen molar-refractivity contribution in [2.45, 2.75) is 0 Å². The second-order valence-corrected chi connectivity index (χ2v) is 3.87. The van der Waals surface area contributed by atoms with Crippen LogP contribution in [-0.4, -0.2) is 5.91 Å². The third kappa shape index (κ3) is 2.87. The predicted octanol–water partition coefficient (Wildman–Crippen LogP) is 2.54. The zero-order valence-corrected chi connectivity index (χ0v) is 9.85. The highest BCUT2D eigenvalue weighted by Crippen LogP contribution is 2.22. The molecule has 0 spiro atoms. The van der Waals surface area contributed by atoms with E-state index < -0.39 is 11.7 Å². The number of amides is 1. The van der Waals surface area contributed by atoms with Gasteiger partial charge >= 0.3 is 0 Å². The van der Waals surface area contributed by atoms with Crippen molar-refractivity contribution in [2.75, 3.05) is 5.32 Å². The van der Waals surface area contributed by atoms with Crippen molar-refractivity contribution in [1.29, 1.82) is 5.26 Å². The predicted molar refractivity (Wildman–Crippen MR) is 69.4 cm³/mol. The summed E-state index contributed by atoms with van der Waals surface area (Å²) in [6.45, 7) is 0. The molecule has 0 unspecified atom stereocenters. The molecule has 0 fully saturated rings. The maximum Gasteiger partial charge on any atom is 0.248 e. The van der Waals surface area contributed by atoms with Gasteiger partial charge in [0.25, 0.3) is 0 Å². The first-order valence-electron chi connectivity index (χ1n) is 5.46. The van der Waals surface area contributed by atoms with Gasteiger partial charge in [-0.05, 0) is 36.4 Å². The van der Waals surface area contributed by atoms with Gasteiger partial charge in [0.1, 0.15) is 11.9 Å². The lowest BCUT2D eigenvalue weighted by atomic mass is 10.1. The van der Waals surface area contributed by atoms with Crippen LogP contribution in [0.1, 0.15) is 15.9 Å². The Morgan fingerprint density at radius 2 is 2.05 bits per heavy atom. The van der Waals surface area contributed by atoms with Gasteiger partial charge in [0, 0.05) is 11.3 Å². The molecule has 0 aliphatic rings. The number of benzene rings is 2. The van der Waals surface area contributed by atoms with E-state index in [0.717, 1.165) is 6.07 Å². The Bertz CT molecular complexity index is 677. The van der Waals surface area contributed by atoms with Crippen molar-refractivity contribution >= 4 is 17.3 Å². The maximum absolute atomic E-state index is 13.0. The number of nitrogens with one attached hydrogen (secondary N) is 1. The second-order valence-electron chi connectivity index (χ2n) is 3.87. The summed E-state index contributed by atoms with van der Waals surface area (Å²) in [5, 5.41) is 11.9. The third-order valence-electron chi connectivity index (χ3n) is 2.53. The van der Waals surface area contributed by atoms with Crippen molar-refractivity contribution in [1.82, 2.24) is 0 Å². The van der Waals surface area contributed by atoms with Gasteiger partial charge < -0.3 is 11.1 Å². The van der Waals surface area contributed by atoms with Gasteiger partial charge in [-0.15, -0.1) is 0 Å². The van der Waals surface area contributed by atoms with E-state index in [-0.39, 0.29) is 5.56 Å². The van der Waals surface area contributed by atoms with E-state index in [1.807, 2.05) is 6.07 Å². The molecule has 0 aliphatic heterocycles. The Balaban J connectivity index is 2.34. The van der Waals surface area contributed by atoms with Crippen molar-refractivity contribution in [3.8, 4) is 6.07 Å². The van der Waals surface area contributed by atoms with Crippen LogP contribution < -0.4 is 11.1 Å². The number of hydrogen-bond donors (Lipinski definition) is 2. The van der Waals surface area contributed by atoms with E-state index in [0.29, 0.717) is 16.9 Å². The molecule has 0 bridgehead atoms. The van der Waals surface area contributed by atoms with E-state index in [2.05, 4.69) is 5.32 Å². The molecular weight excluding hydrogens is 245 g/mol. The monoisotopic (exact) mass is 255 g/mol. The molecule has 1 amide bonds. The molecular formula is C14H10FN3O. The van der Waals surface area contributed by atoms with Crippen molar-refractivity contribution in [3.63, 3.8) is 0 Å². The third-order valence-corrected chi connectivity index (χ3v) is 2.53. The van der Waals surface area contributed by atoms with Crippen LogP contribution in [-0.2, 0) is 0 Å². The van der Waals surface area contributed by atoms with E-state index in [4.69, 9.17) is 11.0 Å². The van der Waals surface area contributed by atoms with Crippen LogP contribution in [0, 0.1) is 17.1 Å². The number of nitriles is 1. The molecule has 2 aromatic carbocycles.